The second-order valence-corrected chi connectivity index (χ2v) is 4.41. The average molecular weight is 245 g/mol. The van der Waals surface area contributed by atoms with Crippen LogP contribution in [0.25, 0.3) is 0 Å². The first-order valence-corrected chi connectivity index (χ1v) is 5.52. The molecule has 0 aromatic carbocycles. The van der Waals surface area contributed by atoms with Crippen LogP contribution in [0.1, 0.15) is 19.8 Å². The standard InChI is InChI=1S/C10H17ClN4O/c1-10(13-2,9(12)16)4-3-5-15-7-8(11)6-14-15/h6-7,13H,3-5H2,1-2H3,(H2,12,16). The Labute approximate surface area is 99.9 Å². The number of primary amides is 1. The molecule has 0 spiro atoms. The summed E-state index contributed by atoms with van der Waals surface area (Å²) in [6, 6.07) is 0. The van der Waals surface area contributed by atoms with E-state index in [4.69, 9.17) is 17.3 Å². The average Bonchev–Trinajstić information content (AvgIpc) is 2.63. The monoisotopic (exact) mass is 244 g/mol. The molecule has 0 fully saturated rings. The lowest BCUT2D eigenvalue weighted by molar-refractivity contribution is -0.123. The Balaban J connectivity index is 2.43. The number of carbonyl (C=O) groups excluding carboxylic acids is 1. The predicted molar refractivity (Wildman–Crippen MR) is 63.1 cm³/mol. The van der Waals surface area contributed by atoms with Gasteiger partial charge in [-0.1, -0.05) is 11.6 Å². The first-order valence-electron chi connectivity index (χ1n) is 5.15. The summed E-state index contributed by atoms with van der Waals surface area (Å²) < 4.78 is 1.75. The lowest BCUT2D eigenvalue weighted by Crippen LogP contribution is -2.51. The number of aromatic nitrogens is 2. The van der Waals surface area contributed by atoms with Gasteiger partial charge in [-0.3, -0.25) is 9.48 Å². The van der Waals surface area contributed by atoms with Gasteiger partial charge in [-0.25, -0.2) is 0 Å². The summed E-state index contributed by atoms with van der Waals surface area (Å²) in [5.74, 6) is -0.339. The van der Waals surface area contributed by atoms with Crippen molar-refractivity contribution in [1.29, 1.82) is 0 Å². The minimum absolute atomic E-state index is 0.339. The van der Waals surface area contributed by atoms with E-state index in [1.165, 1.54) is 0 Å². The molecule has 0 aliphatic rings. The number of carbonyl (C=O) groups is 1. The summed E-state index contributed by atoms with van der Waals surface area (Å²) >= 11 is 5.74. The molecule has 0 aliphatic heterocycles. The molecule has 0 bridgehead atoms. The molecule has 1 rings (SSSR count). The fourth-order valence-corrected chi connectivity index (χ4v) is 1.58. The van der Waals surface area contributed by atoms with Crippen molar-refractivity contribution in [2.24, 2.45) is 5.73 Å². The largest absolute Gasteiger partial charge is 0.368 e. The van der Waals surface area contributed by atoms with Gasteiger partial charge in [0.1, 0.15) is 0 Å². The summed E-state index contributed by atoms with van der Waals surface area (Å²) in [5, 5.41) is 7.61. The van der Waals surface area contributed by atoms with Gasteiger partial charge in [-0.05, 0) is 26.8 Å². The second-order valence-electron chi connectivity index (χ2n) is 3.97. The van der Waals surface area contributed by atoms with Crippen molar-refractivity contribution < 1.29 is 4.79 Å². The Morgan fingerprint density at radius 1 is 1.75 bits per heavy atom. The number of nitrogens with two attached hydrogens (primary N) is 1. The van der Waals surface area contributed by atoms with Gasteiger partial charge in [-0.15, -0.1) is 0 Å². The van der Waals surface area contributed by atoms with Crippen molar-refractivity contribution in [1.82, 2.24) is 15.1 Å². The van der Waals surface area contributed by atoms with Gasteiger partial charge in [0, 0.05) is 12.7 Å². The van der Waals surface area contributed by atoms with Crippen LogP contribution in [0.15, 0.2) is 12.4 Å². The molecule has 0 aliphatic carbocycles. The molecule has 1 aromatic heterocycles. The third-order valence-electron chi connectivity index (χ3n) is 2.76. The van der Waals surface area contributed by atoms with Crippen molar-refractivity contribution in [2.45, 2.75) is 31.8 Å². The lowest BCUT2D eigenvalue weighted by Gasteiger charge is -2.25. The normalized spacial score (nSPS) is 14.7. The number of likely N-dealkylation sites (N-methyl/N-ethyl adjacent to an activating group) is 1. The number of aryl methyl sites for hydroxylation is 1. The molecule has 1 aromatic rings. The molecule has 90 valence electrons. The van der Waals surface area contributed by atoms with Gasteiger partial charge in [0.2, 0.25) is 5.91 Å². The Bertz CT molecular complexity index is 365. The number of hydrogen-bond donors (Lipinski definition) is 2. The summed E-state index contributed by atoms with van der Waals surface area (Å²) in [7, 11) is 1.73. The van der Waals surface area contributed by atoms with Gasteiger partial charge in [0.15, 0.2) is 0 Å². The van der Waals surface area contributed by atoms with E-state index in [-0.39, 0.29) is 5.91 Å². The first kappa shape index (κ1) is 13.0. The minimum Gasteiger partial charge on any atom is -0.368 e. The van der Waals surface area contributed by atoms with Gasteiger partial charge in [-0.2, -0.15) is 5.10 Å². The molecule has 0 saturated heterocycles. The quantitative estimate of drug-likeness (QED) is 0.777. The smallest absolute Gasteiger partial charge is 0.237 e. The zero-order valence-corrected chi connectivity index (χ0v) is 10.3. The number of halogens is 1. The fraction of sp³-hybridized carbons (Fsp3) is 0.600. The van der Waals surface area contributed by atoms with E-state index in [1.807, 2.05) is 0 Å². The third-order valence-corrected chi connectivity index (χ3v) is 2.96. The number of nitrogens with one attached hydrogen (secondary N) is 1. The molecule has 0 saturated carbocycles. The highest BCUT2D eigenvalue weighted by molar-refractivity contribution is 6.30. The Morgan fingerprint density at radius 2 is 2.44 bits per heavy atom. The van der Waals surface area contributed by atoms with Crippen LogP contribution in [-0.4, -0.2) is 28.3 Å². The van der Waals surface area contributed by atoms with Crippen LogP contribution in [0.2, 0.25) is 5.02 Å². The van der Waals surface area contributed by atoms with Crippen LogP contribution < -0.4 is 11.1 Å². The molecule has 1 atom stereocenters. The van der Waals surface area contributed by atoms with E-state index in [2.05, 4.69) is 10.4 Å². The van der Waals surface area contributed by atoms with Gasteiger partial charge >= 0.3 is 0 Å². The highest BCUT2D eigenvalue weighted by Gasteiger charge is 2.27. The molecule has 1 heterocycles. The molecular weight excluding hydrogens is 228 g/mol. The first-order chi connectivity index (χ1) is 7.48. The maximum atomic E-state index is 11.2. The van der Waals surface area contributed by atoms with Crippen molar-refractivity contribution in [3.8, 4) is 0 Å². The number of hydrogen-bond acceptors (Lipinski definition) is 3. The molecule has 0 radical (unpaired) electrons. The summed E-state index contributed by atoms with van der Waals surface area (Å²) in [6.07, 6.45) is 4.81. The van der Waals surface area contributed by atoms with E-state index in [0.29, 0.717) is 11.4 Å². The topological polar surface area (TPSA) is 72.9 Å². The van der Waals surface area contributed by atoms with Gasteiger partial charge in [0.05, 0.1) is 16.8 Å². The maximum absolute atomic E-state index is 11.2. The number of rotatable bonds is 6. The SMILES string of the molecule is CNC(C)(CCCn1cc(Cl)cn1)C(N)=O. The predicted octanol–water partition coefficient (Wildman–Crippen LogP) is 0.780. The van der Waals surface area contributed by atoms with E-state index in [9.17, 15) is 4.79 Å². The van der Waals surface area contributed by atoms with Crippen molar-refractivity contribution in [3.05, 3.63) is 17.4 Å². The van der Waals surface area contributed by atoms with Gasteiger partial charge in [0.25, 0.3) is 0 Å². The Kier molecular flexibility index (Phi) is 4.32. The summed E-state index contributed by atoms with van der Waals surface area (Å²) in [4.78, 5) is 11.2. The maximum Gasteiger partial charge on any atom is 0.237 e. The molecule has 1 unspecified atom stereocenters. The number of amides is 1. The van der Waals surface area contributed by atoms with Crippen LogP contribution in [-0.2, 0) is 11.3 Å². The molecule has 6 heteroatoms. The van der Waals surface area contributed by atoms with Crippen LogP contribution in [0.4, 0.5) is 0 Å². The fourth-order valence-electron chi connectivity index (χ4n) is 1.43. The molecule has 1 amide bonds. The Hall–Kier alpha value is -1.07. The van der Waals surface area contributed by atoms with Crippen molar-refractivity contribution in [2.75, 3.05) is 7.05 Å². The zero-order chi connectivity index (χ0) is 12.2. The highest BCUT2D eigenvalue weighted by atomic mass is 35.5. The minimum atomic E-state index is -0.656. The van der Waals surface area contributed by atoms with E-state index >= 15 is 0 Å². The summed E-state index contributed by atoms with van der Waals surface area (Å²) in [5.41, 5.74) is 4.66. The zero-order valence-electron chi connectivity index (χ0n) is 9.53. The van der Waals surface area contributed by atoms with E-state index < -0.39 is 5.54 Å². The Morgan fingerprint density at radius 3 is 2.88 bits per heavy atom. The van der Waals surface area contributed by atoms with E-state index in [1.54, 1.807) is 31.0 Å². The molecule has 5 nitrogen and oxygen atoms in total. The van der Waals surface area contributed by atoms with Crippen LogP contribution in [0.5, 0.6) is 0 Å². The number of nitrogens with zero attached hydrogens (tertiary/aromatic N) is 2. The van der Waals surface area contributed by atoms with Crippen molar-refractivity contribution in [3.63, 3.8) is 0 Å². The second kappa shape index (κ2) is 5.32. The van der Waals surface area contributed by atoms with Crippen LogP contribution in [0, 0.1) is 0 Å². The van der Waals surface area contributed by atoms with Gasteiger partial charge < -0.3 is 11.1 Å². The molecular formula is C10H17ClN4O. The molecule has 16 heavy (non-hydrogen) atoms. The van der Waals surface area contributed by atoms with Crippen LogP contribution in [0.3, 0.4) is 0 Å². The lowest BCUT2D eigenvalue weighted by atomic mass is 9.95. The van der Waals surface area contributed by atoms with E-state index in [0.717, 1.165) is 13.0 Å². The highest BCUT2D eigenvalue weighted by Crippen LogP contribution is 2.12. The third kappa shape index (κ3) is 3.21. The summed E-state index contributed by atoms with van der Waals surface area (Å²) in [6.45, 7) is 2.52. The van der Waals surface area contributed by atoms with Crippen LogP contribution >= 0.6 is 11.6 Å². The molecule has 3 N–H and O–H groups in total. The van der Waals surface area contributed by atoms with Crippen molar-refractivity contribution >= 4 is 17.5 Å².